The number of H-pyrrole nitrogens is 1. The lowest BCUT2D eigenvalue weighted by Gasteiger charge is -2.22. The van der Waals surface area contributed by atoms with E-state index >= 15 is 0 Å². The maximum Gasteiger partial charge on any atom is 0.401 e. The molecule has 0 unspecified atom stereocenters. The van der Waals surface area contributed by atoms with Crippen LogP contribution < -0.4 is 0 Å². The van der Waals surface area contributed by atoms with Gasteiger partial charge in [0.1, 0.15) is 0 Å². The van der Waals surface area contributed by atoms with Crippen molar-refractivity contribution in [2.75, 3.05) is 32.7 Å². The molecule has 1 aliphatic rings. The molecule has 1 aromatic rings. The maximum absolute atomic E-state index is 12.4. The van der Waals surface area contributed by atoms with Crippen LogP contribution in [0.15, 0.2) is 24.4 Å². The number of nitrogens with zero attached hydrogens (tertiary/aromatic N) is 2. The first-order valence-corrected chi connectivity index (χ1v) is 6.83. The molecule has 1 N–H and O–H groups in total. The summed E-state index contributed by atoms with van der Waals surface area (Å²) in [6, 6.07) is 3.66. The summed E-state index contributed by atoms with van der Waals surface area (Å²) in [6.07, 6.45) is 1.24. The lowest BCUT2D eigenvalue weighted by Crippen LogP contribution is -2.38. The number of halogens is 3. The summed E-state index contributed by atoms with van der Waals surface area (Å²) in [5, 5.41) is 0. The maximum atomic E-state index is 12.4. The number of aromatic nitrogens is 1. The fourth-order valence-electron chi connectivity index (χ4n) is 2.32. The second-order valence-corrected chi connectivity index (χ2v) is 5.03. The summed E-state index contributed by atoms with van der Waals surface area (Å²) in [7, 11) is 0. The number of hydrogen-bond acceptors (Lipinski definition) is 2. The summed E-state index contributed by atoms with van der Waals surface area (Å²) >= 11 is 0. The van der Waals surface area contributed by atoms with Gasteiger partial charge in [0.05, 0.1) is 6.54 Å². The van der Waals surface area contributed by atoms with Crippen LogP contribution in [0.25, 0.3) is 6.08 Å². The van der Waals surface area contributed by atoms with Crippen LogP contribution in [0.2, 0.25) is 0 Å². The van der Waals surface area contributed by atoms with Gasteiger partial charge >= 0.3 is 6.18 Å². The number of nitrogens with one attached hydrogen (secondary N) is 1. The zero-order valence-electron chi connectivity index (χ0n) is 11.6. The monoisotopic (exact) mass is 301 g/mol. The molecule has 116 valence electrons. The van der Waals surface area contributed by atoms with E-state index in [1.54, 1.807) is 17.2 Å². The van der Waals surface area contributed by atoms with Gasteiger partial charge in [-0.25, -0.2) is 0 Å². The molecule has 0 aliphatic carbocycles. The molecule has 1 fully saturated rings. The van der Waals surface area contributed by atoms with E-state index in [4.69, 9.17) is 0 Å². The second kappa shape index (κ2) is 6.80. The largest absolute Gasteiger partial charge is 0.401 e. The molecule has 4 nitrogen and oxygen atoms in total. The molecule has 0 aromatic carbocycles. The third-order valence-corrected chi connectivity index (χ3v) is 3.33. The molecular weight excluding hydrogens is 283 g/mol. The lowest BCUT2D eigenvalue weighted by atomic mass is 10.3. The van der Waals surface area contributed by atoms with Crippen molar-refractivity contribution in [3.63, 3.8) is 0 Å². The van der Waals surface area contributed by atoms with E-state index in [0.29, 0.717) is 26.1 Å². The Bertz CT molecular complexity index is 482. The summed E-state index contributed by atoms with van der Waals surface area (Å²) in [5.41, 5.74) is 0.817. The fourth-order valence-corrected chi connectivity index (χ4v) is 2.32. The van der Waals surface area contributed by atoms with Gasteiger partial charge in [0.15, 0.2) is 0 Å². The molecule has 2 rings (SSSR count). The van der Waals surface area contributed by atoms with Crippen LogP contribution in [0.1, 0.15) is 12.1 Å². The minimum Gasteiger partial charge on any atom is -0.362 e. The highest BCUT2D eigenvalue weighted by Crippen LogP contribution is 2.17. The number of hydrogen-bond donors (Lipinski definition) is 1. The highest BCUT2D eigenvalue weighted by atomic mass is 19.4. The van der Waals surface area contributed by atoms with Gasteiger partial charge in [0, 0.05) is 44.1 Å². The van der Waals surface area contributed by atoms with Gasteiger partial charge < -0.3 is 9.88 Å². The van der Waals surface area contributed by atoms with E-state index < -0.39 is 12.7 Å². The van der Waals surface area contributed by atoms with E-state index in [1.165, 1.54) is 11.0 Å². The summed E-state index contributed by atoms with van der Waals surface area (Å²) in [5.74, 6) is -0.168. The van der Waals surface area contributed by atoms with Gasteiger partial charge in [-0.3, -0.25) is 9.69 Å². The smallest absolute Gasteiger partial charge is 0.362 e. The first-order valence-electron chi connectivity index (χ1n) is 6.83. The number of alkyl halides is 3. The van der Waals surface area contributed by atoms with Crippen LogP contribution in [-0.4, -0.2) is 59.6 Å². The first-order chi connectivity index (χ1) is 9.94. The van der Waals surface area contributed by atoms with Crippen molar-refractivity contribution >= 4 is 12.0 Å². The molecule has 1 aromatic heterocycles. The summed E-state index contributed by atoms with van der Waals surface area (Å²) < 4.78 is 37.1. The van der Waals surface area contributed by atoms with Crippen molar-refractivity contribution in [3.8, 4) is 0 Å². The topological polar surface area (TPSA) is 39.3 Å². The molecule has 0 radical (unpaired) electrons. The van der Waals surface area contributed by atoms with Gasteiger partial charge in [-0.05, 0) is 24.6 Å². The minimum atomic E-state index is -4.19. The number of amides is 1. The molecule has 0 spiro atoms. The molecule has 0 atom stereocenters. The Balaban J connectivity index is 1.86. The van der Waals surface area contributed by atoms with Crippen molar-refractivity contribution in [1.29, 1.82) is 0 Å². The van der Waals surface area contributed by atoms with Gasteiger partial charge in [-0.2, -0.15) is 13.2 Å². The van der Waals surface area contributed by atoms with Crippen molar-refractivity contribution in [2.45, 2.75) is 12.6 Å². The van der Waals surface area contributed by atoms with Gasteiger partial charge in [-0.15, -0.1) is 0 Å². The molecule has 1 aliphatic heterocycles. The standard InChI is InChI=1S/C14H18F3N3O/c15-14(16,17)11-19-7-2-8-20(10-9-19)13(21)5-4-12-3-1-6-18-12/h1,3-6,18H,2,7-11H2/b5-4+. The summed E-state index contributed by atoms with van der Waals surface area (Å²) in [4.78, 5) is 17.9. The minimum absolute atomic E-state index is 0.168. The average Bonchev–Trinajstić information content (AvgIpc) is 2.81. The third kappa shape index (κ3) is 5.26. The highest BCUT2D eigenvalue weighted by molar-refractivity contribution is 5.91. The first kappa shape index (κ1) is 15.6. The van der Waals surface area contributed by atoms with E-state index in [1.807, 2.05) is 12.1 Å². The molecule has 1 amide bonds. The van der Waals surface area contributed by atoms with Crippen LogP contribution in [0.5, 0.6) is 0 Å². The van der Waals surface area contributed by atoms with Crippen molar-refractivity contribution in [1.82, 2.24) is 14.8 Å². The fraction of sp³-hybridized carbons (Fsp3) is 0.500. The van der Waals surface area contributed by atoms with E-state index in [2.05, 4.69) is 4.98 Å². The molecular formula is C14H18F3N3O. The van der Waals surface area contributed by atoms with Gasteiger partial charge in [0.2, 0.25) is 5.91 Å². The van der Waals surface area contributed by atoms with Crippen molar-refractivity contribution in [2.24, 2.45) is 0 Å². The zero-order valence-corrected chi connectivity index (χ0v) is 11.6. The van der Waals surface area contributed by atoms with E-state index in [0.717, 1.165) is 5.69 Å². The van der Waals surface area contributed by atoms with Crippen LogP contribution >= 0.6 is 0 Å². The van der Waals surface area contributed by atoms with Crippen LogP contribution in [0.4, 0.5) is 13.2 Å². The molecule has 7 heteroatoms. The Morgan fingerprint density at radius 1 is 1.29 bits per heavy atom. The van der Waals surface area contributed by atoms with Crippen LogP contribution in [0, 0.1) is 0 Å². The number of carbonyl (C=O) groups excluding carboxylic acids is 1. The Kier molecular flexibility index (Phi) is 5.06. The Hall–Kier alpha value is -1.76. The quantitative estimate of drug-likeness (QED) is 0.869. The number of rotatable bonds is 3. The van der Waals surface area contributed by atoms with E-state index in [-0.39, 0.29) is 12.5 Å². The Morgan fingerprint density at radius 3 is 2.76 bits per heavy atom. The molecule has 2 heterocycles. The lowest BCUT2D eigenvalue weighted by molar-refractivity contribution is -0.145. The molecule has 0 saturated carbocycles. The zero-order chi connectivity index (χ0) is 15.3. The molecule has 1 saturated heterocycles. The predicted octanol–water partition coefficient (Wildman–Crippen LogP) is 2.12. The van der Waals surface area contributed by atoms with Crippen LogP contribution in [0.3, 0.4) is 0 Å². The molecule has 21 heavy (non-hydrogen) atoms. The van der Waals surface area contributed by atoms with Gasteiger partial charge in [-0.1, -0.05) is 0 Å². The normalized spacial score (nSPS) is 18.1. The number of carbonyl (C=O) groups is 1. The SMILES string of the molecule is O=C(/C=C/c1ccc[nH]1)N1CCCN(CC(F)(F)F)CC1. The summed E-state index contributed by atoms with van der Waals surface area (Å²) in [6.45, 7) is 0.519. The van der Waals surface area contributed by atoms with Crippen molar-refractivity contribution in [3.05, 3.63) is 30.1 Å². The van der Waals surface area contributed by atoms with Crippen molar-refractivity contribution < 1.29 is 18.0 Å². The second-order valence-electron chi connectivity index (χ2n) is 5.03. The third-order valence-electron chi connectivity index (χ3n) is 3.33. The highest BCUT2D eigenvalue weighted by Gasteiger charge is 2.31. The molecule has 0 bridgehead atoms. The van der Waals surface area contributed by atoms with Crippen LogP contribution in [-0.2, 0) is 4.79 Å². The number of aromatic amines is 1. The average molecular weight is 301 g/mol. The van der Waals surface area contributed by atoms with Gasteiger partial charge in [0.25, 0.3) is 0 Å². The Labute approximate surface area is 121 Å². The predicted molar refractivity (Wildman–Crippen MR) is 73.5 cm³/mol. The Morgan fingerprint density at radius 2 is 2.10 bits per heavy atom. The van der Waals surface area contributed by atoms with E-state index in [9.17, 15) is 18.0 Å².